The summed E-state index contributed by atoms with van der Waals surface area (Å²) in [4.78, 5) is 7.89. The van der Waals surface area contributed by atoms with Gasteiger partial charge in [0.25, 0.3) is 5.88 Å². The molecule has 1 aliphatic heterocycles. The number of aromatic nitrogens is 2. The molecule has 2 N–H and O–H groups in total. The number of benzene rings is 1. The zero-order valence-corrected chi connectivity index (χ0v) is 9.50. The molecule has 1 aromatic heterocycles. The second-order valence-corrected chi connectivity index (χ2v) is 3.72. The number of anilines is 1. The van der Waals surface area contributed by atoms with Crippen molar-refractivity contribution in [3.05, 3.63) is 36.2 Å². The lowest BCUT2D eigenvalue weighted by molar-refractivity contribution is 0.174. The number of hydrogen-bond donors (Lipinski definition) is 1. The first-order chi connectivity index (χ1) is 8.83. The molecular formula is C12H11N3O3. The van der Waals surface area contributed by atoms with Crippen LogP contribution in [0.4, 0.5) is 5.82 Å². The number of ether oxygens (including phenoxy) is 3. The van der Waals surface area contributed by atoms with Gasteiger partial charge < -0.3 is 19.9 Å². The SMILES string of the molecule is Nc1nccnc1OCc1ccc2c(c1)OCO2. The Morgan fingerprint density at radius 3 is 2.89 bits per heavy atom. The Hall–Kier alpha value is -2.50. The fraction of sp³-hybridized carbons (Fsp3) is 0.167. The van der Waals surface area contributed by atoms with E-state index >= 15 is 0 Å². The average Bonchev–Trinajstić information content (AvgIpc) is 2.85. The van der Waals surface area contributed by atoms with Gasteiger partial charge in [-0.3, -0.25) is 0 Å². The van der Waals surface area contributed by atoms with Gasteiger partial charge in [0.05, 0.1) is 0 Å². The summed E-state index contributed by atoms with van der Waals surface area (Å²) in [5, 5.41) is 0. The van der Waals surface area contributed by atoms with Crippen LogP contribution in [0.2, 0.25) is 0 Å². The van der Waals surface area contributed by atoms with Gasteiger partial charge in [-0.25, -0.2) is 9.97 Å². The molecule has 1 aromatic carbocycles. The summed E-state index contributed by atoms with van der Waals surface area (Å²) in [7, 11) is 0. The normalized spacial score (nSPS) is 12.4. The van der Waals surface area contributed by atoms with Gasteiger partial charge in [0.2, 0.25) is 6.79 Å². The second-order valence-electron chi connectivity index (χ2n) is 3.72. The van der Waals surface area contributed by atoms with E-state index in [1.165, 1.54) is 12.4 Å². The van der Waals surface area contributed by atoms with Crippen LogP contribution in [-0.4, -0.2) is 16.8 Å². The Balaban J connectivity index is 1.72. The molecule has 6 heteroatoms. The van der Waals surface area contributed by atoms with Gasteiger partial charge in [-0.2, -0.15) is 0 Å². The van der Waals surface area contributed by atoms with E-state index in [1.807, 2.05) is 18.2 Å². The number of nitrogens with two attached hydrogens (primary N) is 1. The molecule has 0 aliphatic carbocycles. The molecule has 0 bridgehead atoms. The maximum Gasteiger partial charge on any atom is 0.257 e. The lowest BCUT2D eigenvalue weighted by Crippen LogP contribution is -2.02. The third-order valence-corrected chi connectivity index (χ3v) is 2.50. The van der Waals surface area contributed by atoms with Crippen LogP contribution in [0.25, 0.3) is 0 Å². The quantitative estimate of drug-likeness (QED) is 0.879. The molecule has 92 valence electrons. The summed E-state index contributed by atoms with van der Waals surface area (Å²) in [5.74, 6) is 2.08. The van der Waals surface area contributed by atoms with Gasteiger partial charge in [0, 0.05) is 12.4 Å². The van der Waals surface area contributed by atoms with Crippen LogP contribution in [-0.2, 0) is 6.61 Å². The molecule has 3 rings (SSSR count). The van der Waals surface area contributed by atoms with Crippen molar-refractivity contribution in [3.8, 4) is 17.4 Å². The monoisotopic (exact) mass is 245 g/mol. The van der Waals surface area contributed by atoms with Gasteiger partial charge in [-0.05, 0) is 17.7 Å². The second kappa shape index (κ2) is 4.40. The summed E-state index contributed by atoms with van der Waals surface area (Å²) < 4.78 is 16.0. The van der Waals surface area contributed by atoms with Crippen molar-refractivity contribution < 1.29 is 14.2 Å². The highest BCUT2D eigenvalue weighted by Gasteiger charge is 2.13. The van der Waals surface area contributed by atoms with Gasteiger partial charge in [0.1, 0.15) is 6.61 Å². The van der Waals surface area contributed by atoms with E-state index in [0.717, 1.165) is 17.1 Å². The minimum atomic E-state index is 0.261. The Bertz CT molecular complexity index is 574. The largest absolute Gasteiger partial charge is 0.470 e. The first kappa shape index (κ1) is 10.6. The van der Waals surface area contributed by atoms with Crippen LogP contribution < -0.4 is 19.9 Å². The van der Waals surface area contributed by atoms with Crippen LogP contribution in [0.3, 0.4) is 0 Å². The van der Waals surface area contributed by atoms with E-state index < -0.39 is 0 Å². The lowest BCUT2D eigenvalue weighted by atomic mass is 10.2. The number of fused-ring (bicyclic) bond motifs is 1. The summed E-state index contributed by atoms with van der Waals surface area (Å²) >= 11 is 0. The van der Waals surface area contributed by atoms with E-state index in [0.29, 0.717) is 12.5 Å². The zero-order valence-electron chi connectivity index (χ0n) is 9.50. The molecule has 18 heavy (non-hydrogen) atoms. The maximum absolute atomic E-state index is 5.63. The van der Waals surface area contributed by atoms with E-state index in [-0.39, 0.29) is 12.6 Å². The Morgan fingerprint density at radius 1 is 1.17 bits per heavy atom. The zero-order chi connectivity index (χ0) is 12.4. The van der Waals surface area contributed by atoms with Gasteiger partial charge in [-0.15, -0.1) is 0 Å². The molecular weight excluding hydrogens is 234 g/mol. The van der Waals surface area contributed by atoms with E-state index in [1.54, 1.807) is 0 Å². The number of nitrogens with zero attached hydrogens (tertiary/aromatic N) is 2. The van der Waals surface area contributed by atoms with Crippen molar-refractivity contribution in [2.45, 2.75) is 6.61 Å². The van der Waals surface area contributed by atoms with Crippen molar-refractivity contribution in [2.24, 2.45) is 0 Å². The highest BCUT2D eigenvalue weighted by Crippen LogP contribution is 2.32. The maximum atomic E-state index is 5.63. The summed E-state index contributed by atoms with van der Waals surface area (Å²) in [6.45, 7) is 0.607. The topological polar surface area (TPSA) is 79.5 Å². The average molecular weight is 245 g/mol. The minimum absolute atomic E-state index is 0.261. The standard InChI is InChI=1S/C12H11N3O3/c13-11-12(15-4-3-14-11)16-6-8-1-2-9-10(5-8)18-7-17-9/h1-5H,6-7H2,(H2,13,14). The first-order valence-corrected chi connectivity index (χ1v) is 5.41. The highest BCUT2D eigenvalue weighted by molar-refractivity contribution is 5.44. The summed E-state index contributed by atoms with van der Waals surface area (Å²) in [6.07, 6.45) is 3.05. The highest BCUT2D eigenvalue weighted by atomic mass is 16.7. The Kier molecular flexibility index (Phi) is 2.60. The van der Waals surface area contributed by atoms with Crippen LogP contribution in [0.1, 0.15) is 5.56 Å². The third kappa shape index (κ3) is 2.00. The molecule has 0 saturated carbocycles. The predicted molar refractivity (Wildman–Crippen MR) is 63.3 cm³/mol. The molecule has 0 radical (unpaired) electrons. The fourth-order valence-electron chi connectivity index (χ4n) is 1.63. The van der Waals surface area contributed by atoms with Crippen molar-refractivity contribution in [2.75, 3.05) is 12.5 Å². The molecule has 0 fully saturated rings. The van der Waals surface area contributed by atoms with Crippen LogP contribution >= 0.6 is 0 Å². The molecule has 0 unspecified atom stereocenters. The van der Waals surface area contributed by atoms with Gasteiger partial charge in [-0.1, -0.05) is 6.07 Å². The Labute approximate surface area is 103 Å². The van der Waals surface area contributed by atoms with E-state index in [4.69, 9.17) is 19.9 Å². The Morgan fingerprint density at radius 2 is 2.00 bits per heavy atom. The number of nitrogen functional groups attached to an aromatic ring is 1. The molecule has 0 saturated heterocycles. The van der Waals surface area contributed by atoms with E-state index in [9.17, 15) is 0 Å². The summed E-state index contributed by atoms with van der Waals surface area (Å²) in [6, 6.07) is 5.62. The van der Waals surface area contributed by atoms with Crippen molar-refractivity contribution >= 4 is 5.82 Å². The van der Waals surface area contributed by atoms with Gasteiger partial charge in [0.15, 0.2) is 17.3 Å². The van der Waals surface area contributed by atoms with Crippen LogP contribution in [0.15, 0.2) is 30.6 Å². The molecule has 0 spiro atoms. The molecule has 2 aromatic rings. The van der Waals surface area contributed by atoms with Crippen LogP contribution in [0, 0.1) is 0 Å². The first-order valence-electron chi connectivity index (χ1n) is 5.41. The third-order valence-electron chi connectivity index (χ3n) is 2.50. The molecule has 0 atom stereocenters. The van der Waals surface area contributed by atoms with E-state index in [2.05, 4.69) is 9.97 Å². The molecule has 1 aliphatic rings. The molecule has 0 amide bonds. The number of hydrogen-bond acceptors (Lipinski definition) is 6. The molecule has 6 nitrogen and oxygen atoms in total. The van der Waals surface area contributed by atoms with Gasteiger partial charge >= 0.3 is 0 Å². The fourth-order valence-corrected chi connectivity index (χ4v) is 1.63. The van der Waals surface area contributed by atoms with Crippen molar-refractivity contribution in [1.29, 1.82) is 0 Å². The van der Waals surface area contributed by atoms with Crippen LogP contribution in [0.5, 0.6) is 17.4 Å². The van der Waals surface area contributed by atoms with Crippen molar-refractivity contribution in [3.63, 3.8) is 0 Å². The summed E-state index contributed by atoms with van der Waals surface area (Å²) in [5.41, 5.74) is 6.58. The number of rotatable bonds is 3. The minimum Gasteiger partial charge on any atom is -0.470 e. The smallest absolute Gasteiger partial charge is 0.257 e. The molecule has 2 heterocycles. The predicted octanol–water partition coefficient (Wildman–Crippen LogP) is 1.37. The van der Waals surface area contributed by atoms with Crippen molar-refractivity contribution in [1.82, 2.24) is 9.97 Å². The lowest BCUT2D eigenvalue weighted by Gasteiger charge is -2.07.